The Morgan fingerprint density at radius 3 is 2.93 bits per heavy atom. The third-order valence-corrected chi connectivity index (χ3v) is 3.30. The average Bonchev–Trinajstić information content (AvgIpc) is 2.24. The Balaban J connectivity index is 2.61. The molecule has 0 aliphatic heterocycles. The second kappa shape index (κ2) is 6.47. The fraction of sp³-hybridized carbons (Fsp3) is 0.500. The summed E-state index contributed by atoms with van der Waals surface area (Å²) in [7, 11) is 0. The van der Waals surface area contributed by atoms with Crippen LogP contribution in [0, 0.1) is 18.3 Å². The summed E-state index contributed by atoms with van der Waals surface area (Å²) in [5.74, 6) is 1.05. The van der Waals surface area contributed by atoms with E-state index in [0.29, 0.717) is 0 Å². The van der Waals surface area contributed by atoms with Crippen LogP contribution in [-0.2, 0) is 0 Å². The zero-order chi connectivity index (χ0) is 11.1. The number of aromatic nitrogens is 1. The van der Waals surface area contributed by atoms with Crippen molar-refractivity contribution in [3.05, 3.63) is 23.4 Å². The van der Waals surface area contributed by atoms with E-state index < -0.39 is 0 Å². The number of nitrogens with zero attached hydrogens (tertiary/aromatic N) is 2. The van der Waals surface area contributed by atoms with Gasteiger partial charge < -0.3 is 0 Å². The van der Waals surface area contributed by atoms with Crippen LogP contribution in [0.4, 0.5) is 0 Å². The second-order valence-corrected chi connectivity index (χ2v) is 4.56. The molecule has 0 N–H and O–H groups in total. The Morgan fingerprint density at radius 2 is 2.27 bits per heavy atom. The van der Waals surface area contributed by atoms with Crippen molar-refractivity contribution in [1.82, 2.24) is 4.98 Å². The second-order valence-electron chi connectivity index (χ2n) is 3.48. The van der Waals surface area contributed by atoms with Crippen LogP contribution in [0.1, 0.15) is 37.3 Å². The zero-order valence-electron chi connectivity index (χ0n) is 9.29. The molecule has 80 valence electrons. The van der Waals surface area contributed by atoms with Crippen LogP contribution in [-0.4, -0.2) is 10.7 Å². The third-order valence-electron chi connectivity index (χ3n) is 2.22. The Labute approximate surface area is 95.7 Å². The van der Waals surface area contributed by atoms with Gasteiger partial charge in [-0.25, -0.2) is 4.98 Å². The van der Waals surface area contributed by atoms with E-state index >= 15 is 0 Å². The average molecular weight is 220 g/mol. The normalized spacial score (nSPS) is 9.93. The molecule has 1 aromatic rings. The van der Waals surface area contributed by atoms with Gasteiger partial charge in [0.1, 0.15) is 11.1 Å². The number of thioether (sulfide) groups is 1. The van der Waals surface area contributed by atoms with Crippen molar-refractivity contribution < 1.29 is 0 Å². The van der Waals surface area contributed by atoms with Gasteiger partial charge in [-0.3, -0.25) is 0 Å². The minimum absolute atomic E-state index is 0.735. The predicted octanol–water partition coefficient (Wildman–Crippen LogP) is 3.54. The molecule has 0 aromatic carbocycles. The first-order valence-corrected chi connectivity index (χ1v) is 6.26. The fourth-order valence-electron chi connectivity index (χ4n) is 1.30. The minimum Gasteiger partial charge on any atom is -0.249 e. The number of rotatable bonds is 5. The van der Waals surface area contributed by atoms with Crippen molar-refractivity contribution in [1.29, 1.82) is 5.26 Å². The molecule has 0 atom stereocenters. The molecular formula is C12H16N2S. The Bertz CT molecular complexity index is 355. The van der Waals surface area contributed by atoms with Gasteiger partial charge >= 0.3 is 0 Å². The molecule has 1 aromatic heterocycles. The highest BCUT2D eigenvalue weighted by Crippen LogP contribution is 2.23. The van der Waals surface area contributed by atoms with Crippen molar-refractivity contribution in [3.63, 3.8) is 0 Å². The zero-order valence-corrected chi connectivity index (χ0v) is 10.1. The molecule has 0 amide bonds. The minimum atomic E-state index is 0.735. The van der Waals surface area contributed by atoms with E-state index in [4.69, 9.17) is 5.26 Å². The quantitative estimate of drug-likeness (QED) is 0.562. The van der Waals surface area contributed by atoms with Crippen LogP contribution in [0.3, 0.4) is 0 Å². The SMILES string of the molecule is CCCCCSc1nccc(C)c1C#N. The predicted molar refractivity (Wildman–Crippen MR) is 63.9 cm³/mol. The first-order chi connectivity index (χ1) is 7.29. The van der Waals surface area contributed by atoms with E-state index in [9.17, 15) is 0 Å². The fourth-order valence-corrected chi connectivity index (χ4v) is 2.33. The van der Waals surface area contributed by atoms with Gasteiger partial charge in [-0.1, -0.05) is 19.8 Å². The molecule has 1 heterocycles. The number of aryl methyl sites for hydroxylation is 1. The van der Waals surface area contributed by atoms with Crippen LogP contribution >= 0.6 is 11.8 Å². The molecule has 2 nitrogen and oxygen atoms in total. The third kappa shape index (κ3) is 3.56. The summed E-state index contributed by atoms with van der Waals surface area (Å²) in [6, 6.07) is 4.11. The molecule has 3 heteroatoms. The molecule has 0 fully saturated rings. The molecule has 1 rings (SSSR count). The van der Waals surface area contributed by atoms with E-state index in [0.717, 1.165) is 21.9 Å². The Kier molecular flexibility index (Phi) is 5.20. The van der Waals surface area contributed by atoms with Gasteiger partial charge in [-0.2, -0.15) is 5.26 Å². The van der Waals surface area contributed by atoms with Gasteiger partial charge in [-0.05, 0) is 30.7 Å². The van der Waals surface area contributed by atoms with Gasteiger partial charge in [0.05, 0.1) is 5.56 Å². The molecule has 0 radical (unpaired) electrons. The maximum atomic E-state index is 9.00. The lowest BCUT2D eigenvalue weighted by molar-refractivity contribution is 0.778. The highest BCUT2D eigenvalue weighted by atomic mass is 32.2. The molecule has 0 unspecified atom stereocenters. The molecule has 0 saturated carbocycles. The maximum absolute atomic E-state index is 9.00. The number of pyridine rings is 1. The van der Waals surface area contributed by atoms with Crippen molar-refractivity contribution in [2.24, 2.45) is 0 Å². The van der Waals surface area contributed by atoms with Crippen LogP contribution < -0.4 is 0 Å². The summed E-state index contributed by atoms with van der Waals surface area (Å²) in [6.45, 7) is 4.15. The smallest absolute Gasteiger partial charge is 0.114 e. The number of hydrogen-bond acceptors (Lipinski definition) is 3. The summed E-state index contributed by atoms with van der Waals surface area (Å²) in [4.78, 5) is 4.25. The highest BCUT2D eigenvalue weighted by molar-refractivity contribution is 7.99. The Hall–Kier alpha value is -1.01. The number of nitriles is 1. The van der Waals surface area contributed by atoms with Crippen LogP contribution in [0.5, 0.6) is 0 Å². The summed E-state index contributed by atoms with van der Waals surface area (Å²) in [6.07, 6.45) is 5.45. The molecule has 0 spiro atoms. The van der Waals surface area contributed by atoms with Crippen molar-refractivity contribution in [3.8, 4) is 6.07 Å². The van der Waals surface area contributed by atoms with E-state index in [1.54, 1.807) is 18.0 Å². The van der Waals surface area contributed by atoms with E-state index in [1.165, 1.54) is 19.3 Å². The van der Waals surface area contributed by atoms with Gasteiger partial charge in [0, 0.05) is 6.20 Å². The number of unbranched alkanes of at least 4 members (excludes halogenated alkanes) is 2. The van der Waals surface area contributed by atoms with Crippen LogP contribution in [0.2, 0.25) is 0 Å². The summed E-state index contributed by atoms with van der Waals surface area (Å²) >= 11 is 1.69. The van der Waals surface area contributed by atoms with Gasteiger partial charge in [0.15, 0.2) is 0 Å². The highest BCUT2D eigenvalue weighted by Gasteiger charge is 2.06. The largest absolute Gasteiger partial charge is 0.249 e. The lowest BCUT2D eigenvalue weighted by Gasteiger charge is -2.04. The molecule has 0 saturated heterocycles. The first-order valence-electron chi connectivity index (χ1n) is 5.28. The van der Waals surface area contributed by atoms with Crippen LogP contribution in [0.15, 0.2) is 17.3 Å². The van der Waals surface area contributed by atoms with E-state index in [2.05, 4.69) is 18.0 Å². The van der Waals surface area contributed by atoms with Gasteiger partial charge in [0.2, 0.25) is 0 Å². The molecular weight excluding hydrogens is 204 g/mol. The number of hydrogen-bond donors (Lipinski definition) is 0. The first kappa shape index (κ1) is 12.1. The summed E-state index contributed by atoms with van der Waals surface area (Å²) in [5, 5.41) is 9.88. The topological polar surface area (TPSA) is 36.7 Å². The van der Waals surface area contributed by atoms with Crippen molar-refractivity contribution >= 4 is 11.8 Å². The lowest BCUT2D eigenvalue weighted by Crippen LogP contribution is -1.91. The van der Waals surface area contributed by atoms with Crippen molar-refractivity contribution in [2.45, 2.75) is 38.1 Å². The monoisotopic (exact) mass is 220 g/mol. The van der Waals surface area contributed by atoms with E-state index in [-0.39, 0.29) is 0 Å². The van der Waals surface area contributed by atoms with Gasteiger partial charge in [-0.15, -0.1) is 11.8 Å². The van der Waals surface area contributed by atoms with E-state index in [1.807, 2.05) is 13.0 Å². The molecule has 0 aliphatic rings. The molecule has 15 heavy (non-hydrogen) atoms. The molecule has 0 aliphatic carbocycles. The standard InChI is InChI=1S/C12H16N2S/c1-3-4-5-8-15-12-11(9-13)10(2)6-7-14-12/h6-7H,3-5,8H2,1-2H3. The van der Waals surface area contributed by atoms with Gasteiger partial charge in [0.25, 0.3) is 0 Å². The summed E-state index contributed by atoms with van der Waals surface area (Å²) < 4.78 is 0. The Morgan fingerprint density at radius 1 is 1.47 bits per heavy atom. The van der Waals surface area contributed by atoms with Crippen molar-refractivity contribution in [2.75, 3.05) is 5.75 Å². The molecule has 0 bridgehead atoms. The van der Waals surface area contributed by atoms with Crippen LogP contribution in [0.25, 0.3) is 0 Å². The lowest BCUT2D eigenvalue weighted by atomic mass is 10.2. The maximum Gasteiger partial charge on any atom is 0.114 e. The summed E-state index contributed by atoms with van der Waals surface area (Å²) in [5.41, 5.74) is 1.75.